The second-order valence-corrected chi connectivity index (χ2v) is 4.94. The fourth-order valence-electron chi connectivity index (χ4n) is 1.80. The van der Waals surface area contributed by atoms with E-state index in [1.807, 2.05) is 6.07 Å². The summed E-state index contributed by atoms with van der Waals surface area (Å²) in [6.07, 6.45) is -0.901. The van der Waals surface area contributed by atoms with Crippen LogP contribution in [0.4, 0.5) is 14.9 Å². The van der Waals surface area contributed by atoms with E-state index in [2.05, 4.69) is 16.2 Å². The summed E-state index contributed by atoms with van der Waals surface area (Å²) >= 11 is 0. The molecule has 128 valence electrons. The van der Waals surface area contributed by atoms with Gasteiger partial charge in [-0.3, -0.25) is 10.2 Å². The zero-order valence-corrected chi connectivity index (χ0v) is 13.2. The molecule has 0 radical (unpaired) electrons. The standard InChI is InChI=1S/C17H15FN4O3/c1-11(25-13-8-6-12(10-19)7-9-13)16(23)21-22-17(24)20-15-5-3-2-4-14(15)18/h2-9,11H,1H3,(H,21,23)(H2,20,22,24). The quantitative estimate of drug-likeness (QED) is 0.742. The van der Waals surface area contributed by atoms with Gasteiger partial charge in [0.15, 0.2) is 6.10 Å². The van der Waals surface area contributed by atoms with Gasteiger partial charge < -0.3 is 10.1 Å². The van der Waals surface area contributed by atoms with Crippen LogP contribution in [0.25, 0.3) is 0 Å². The fourth-order valence-corrected chi connectivity index (χ4v) is 1.80. The lowest BCUT2D eigenvalue weighted by molar-refractivity contribution is -0.127. The Labute approximate surface area is 143 Å². The number of anilines is 1. The Balaban J connectivity index is 1.81. The van der Waals surface area contributed by atoms with Gasteiger partial charge in [0.1, 0.15) is 11.6 Å². The van der Waals surface area contributed by atoms with Gasteiger partial charge in [-0.05, 0) is 43.3 Å². The highest BCUT2D eigenvalue weighted by Gasteiger charge is 2.15. The molecule has 0 saturated heterocycles. The summed E-state index contributed by atoms with van der Waals surface area (Å²) in [5.74, 6) is -0.799. The van der Waals surface area contributed by atoms with E-state index in [0.29, 0.717) is 11.3 Å². The van der Waals surface area contributed by atoms with Crippen LogP contribution in [0.3, 0.4) is 0 Å². The smallest absolute Gasteiger partial charge is 0.338 e. The van der Waals surface area contributed by atoms with Gasteiger partial charge in [-0.25, -0.2) is 14.6 Å². The SMILES string of the molecule is CC(Oc1ccc(C#N)cc1)C(=O)NNC(=O)Nc1ccccc1F. The van der Waals surface area contributed by atoms with Gasteiger partial charge >= 0.3 is 6.03 Å². The topological polar surface area (TPSA) is 103 Å². The first-order valence-corrected chi connectivity index (χ1v) is 7.28. The van der Waals surface area contributed by atoms with Gasteiger partial charge in [-0.1, -0.05) is 12.1 Å². The summed E-state index contributed by atoms with van der Waals surface area (Å²) in [4.78, 5) is 23.5. The Morgan fingerprint density at radius 2 is 1.80 bits per heavy atom. The zero-order valence-electron chi connectivity index (χ0n) is 13.2. The molecule has 0 aliphatic heterocycles. The molecule has 0 aromatic heterocycles. The van der Waals surface area contributed by atoms with Crippen LogP contribution >= 0.6 is 0 Å². The molecule has 0 aliphatic carbocycles. The molecule has 0 saturated carbocycles. The molecule has 7 nitrogen and oxygen atoms in total. The maximum atomic E-state index is 13.4. The van der Waals surface area contributed by atoms with Crippen LogP contribution in [-0.2, 0) is 4.79 Å². The van der Waals surface area contributed by atoms with Gasteiger partial charge in [0, 0.05) is 0 Å². The van der Waals surface area contributed by atoms with Crippen molar-refractivity contribution >= 4 is 17.6 Å². The molecule has 1 unspecified atom stereocenters. The van der Waals surface area contributed by atoms with E-state index in [9.17, 15) is 14.0 Å². The van der Waals surface area contributed by atoms with E-state index in [1.54, 1.807) is 30.3 Å². The number of nitrogens with one attached hydrogen (secondary N) is 3. The number of nitriles is 1. The number of hydrogen-bond acceptors (Lipinski definition) is 4. The van der Waals surface area contributed by atoms with Crippen molar-refractivity contribution in [3.63, 3.8) is 0 Å². The first-order chi connectivity index (χ1) is 12.0. The van der Waals surface area contributed by atoms with E-state index < -0.39 is 23.9 Å². The number of ether oxygens (including phenoxy) is 1. The van der Waals surface area contributed by atoms with E-state index in [-0.39, 0.29) is 5.69 Å². The molecule has 0 fully saturated rings. The molecule has 0 heterocycles. The van der Waals surface area contributed by atoms with E-state index >= 15 is 0 Å². The summed E-state index contributed by atoms with van der Waals surface area (Å²) in [5.41, 5.74) is 4.72. The molecule has 25 heavy (non-hydrogen) atoms. The van der Waals surface area contributed by atoms with Crippen LogP contribution in [0, 0.1) is 17.1 Å². The number of amides is 3. The summed E-state index contributed by atoms with van der Waals surface area (Å²) in [5, 5.41) is 11.0. The lowest BCUT2D eigenvalue weighted by atomic mass is 10.2. The molecule has 0 bridgehead atoms. The van der Waals surface area contributed by atoms with Crippen LogP contribution in [0.1, 0.15) is 12.5 Å². The minimum Gasteiger partial charge on any atom is -0.481 e. The minimum atomic E-state index is -0.901. The number of para-hydroxylation sites is 1. The van der Waals surface area contributed by atoms with Crippen LogP contribution in [-0.4, -0.2) is 18.0 Å². The summed E-state index contributed by atoms with van der Waals surface area (Å²) in [6.45, 7) is 1.49. The monoisotopic (exact) mass is 342 g/mol. The maximum absolute atomic E-state index is 13.4. The Morgan fingerprint density at radius 3 is 2.44 bits per heavy atom. The van der Waals surface area contributed by atoms with Crippen molar-refractivity contribution < 1.29 is 18.7 Å². The van der Waals surface area contributed by atoms with Crippen molar-refractivity contribution in [2.24, 2.45) is 0 Å². The molecule has 2 aromatic carbocycles. The van der Waals surface area contributed by atoms with Gasteiger partial charge in [0.25, 0.3) is 5.91 Å². The molecule has 0 spiro atoms. The highest BCUT2D eigenvalue weighted by molar-refractivity contribution is 5.91. The number of halogens is 1. The normalized spacial score (nSPS) is 10.9. The number of nitrogens with zero attached hydrogens (tertiary/aromatic N) is 1. The number of hydrazine groups is 1. The Bertz CT molecular complexity index is 802. The molecule has 1 atom stereocenters. The van der Waals surface area contributed by atoms with Gasteiger partial charge in [-0.15, -0.1) is 0 Å². The summed E-state index contributed by atoms with van der Waals surface area (Å²) in [6, 6.07) is 13.0. The molecule has 2 rings (SSSR count). The molecule has 3 amide bonds. The third kappa shape index (κ3) is 5.21. The summed E-state index contributed by atoms with van der Waals surface area (Å²) < 4.78 is 18.8. The molecule has 2 aromatic rings. The van der Waals surface area contributed by atoms with Gasteiger partial charge in [0.2, 0.25) is 0 Å². The van der Waals surface area contributed by atoms with Gasteiger partial charge in [-0.2, -0.15) is 5.26 Å². The minimum absolute atomic E-state index is 0.0175. The number of hydrogen-bond donors (Lipinski definition) is 3. The largest absolute Gasteiger partial charge is 0.481 e. The van der Waals surface area contributed by atoms with Crippen LogP contribution < -0.4 is 20.9 Å². The number of rotatable bonds is 4. The number of carbonyl (C=O) groups excluding carboxylic acids is 2. The third-order valence-corrected chi connectivity index (χ3v) is 3.09. The van der Waals surface area contributed by atoms with Crippen LogP contribution in [0.15, 0.2) is 48.5 Å². The van der Waals surface area contributed by atoms with E-state index in [0.717, 1.165) is 0 Å². The van der Waals surface area contributed by atoms with Crippen molar-refractivity contribution in [2.45, 2.75) is 13.0 Å². The van der Waals surface area contributed by atoms with Gasteiger partial charge in [0.05, 0.1) is 17.3 Å². The lowest BCUT2D eigenvalue weighted by Gasteiger charge is -2.15. The molecule has 8 heteroatoms. The van der Waals surface area contributed by atoms with Crippen molar-refractivity contribution in [1.82, 2.24) is 10.9 Å². The van der Waals surface area contributed by atoms with Crippen molar-refractivity contribution in [3.8, 4) is 11.8 Å². The zero-order chi connectivity index (χ0) is 18.2. The second kappa shape index (κ2) is 8.31. The first kappa shape index (κ1) is 17.7. The third-order valence-electron chi connectivity index (χ3n) is 3.09. The molecular formula is C17H15FN4O3. The molecular weight excluding hydrogens is 327 g/mol. The average molecular weight is 342 g/mol. The number of benzene rings is 2. The predicted octanol–water partition coefficient (Wildman–Crippen LogP) is 2.32. The van der Waals surface area contributed by atoms with Crippen molar-refractivity contribution in [3.05, 3.63) is 59.9 Å². The number of carbonyl (C=O) groups is 2. The first-order valence-electron chi connectivity index (χ1n) is 7.28. The maximum Gasteiger partial charge on any atom is 0.338 e. The van der Waals surface area contributed by atoms with Crippen LogP contribution in [0.2, 0.25) is 0 Å². The predicted molar refractivity (Wildman–Crippen MR) is 87.9 cm³/mol. The molecule has 0 aliphatic rings. The highest BCUT2D eigenvalue weighted by Crippen LogP contribution is 2.13. The second-order valence-electron chi connectivity index (χ2n) is 4.94. The Hall–Kier alpha value is -3.60. The fraction of sp³-hybridized carbons (Fsp3) is 0.118. The van der Waals surface area contributed by atoms with E-state index in [1.165, 1.54) is 25.1 Å². The summed E-state index contributed by atoms with van der Waals surface area (Å²) in [7, 11) is 0. The Morgan fingerprint density at radius 1 is 1.12 bits per heavy atom. The van der Waals surface area contributed by atoms with Crippen LogP contribution in [0.5, 0.6) is 5.75 Å². The highest BCUT2D eigenvalue weighted by atomic mass is 19.1. The van der Waals surface area contributed by atoms with E-state index in [4.69, 9.17) is 10.00 Å². The average Bonchev–Trinajstić information content (AvgIpc) is 2.62. The van der Waals surface area contributed by atoms with Crippen molar-refractivity contribution in [1.29, 1.82) is 5.26 Å². The van der Waals surface area contributed by atoms with Crippen molar-refractivity contribution in [2.75, 3.05) is 5.32 Å². The Kier molecular flexibility index (Phi) is 5.90. The number of urea groups is 1. The molecule has 3 N–H and O–H groups in total. The lowest BCUT2D eigenvalue weighted by Crippen LogP contribution is -2.48.